The summed E-state index contributed by atoms with van der Waals surface area (Å²) in [6, 6.07) is 30.7. The van der Waals surface area contributed by atoms with Crippen LogP contribution in [0.1, 0.15) is 43.9 Å². The average molecular weight is 432 g/mol. The molecule has 0 heterocycles. The van der Waals surface area contributed by atoms with Crippen LogP contribution in [0.4, 0.5) is 4.79 Å². The largest absolute Gasteiger partial charge is 0.444 e. The number of benzene rings is 3. The Labute approximate surface area is 190 Å². The van der Waals surface area contributed by atoms with Gasteiger partial charge in [-0.25, -0.2) is 4.79 Å². The van der Waals surface area contributed by atoms with Gasteiger partial charge in [0.1, 0.15) is 5.60 Å². The number of hydrogen-bond acceptors (Lipinski definition) is 3. The SMILES string of the molecule is CC(C)(C)OC(=O)N[C@@H](C=S)CC(c1ccccc1)(c1ccccc1)c1ccccc1. The Bertz CT molecular complexity index is 885. The van der Waals surface area contributed by atoms with Crippen molar-refractivity contribution >= 4 is 23.7 Å². The summed E-state index contributed by atoms with van der Waals surface area (Å²) in [6.45, 7) is 5.55. The lowest BCUT2D eigenvalue weighted by molar-refractivity contribution is 0.0515. The molecule has 1 atom stereocenters. The fraction of sp³-hybridized carbons (Fsp3) is 0.259. The van der Waals surface area contributed by atoms with Crippen molar-refractivity contribution in [3.8, 4) is 0 Å². The third-order valence-electron chi connectivity index (χ3n) is 5.19. The quantitative estimate of drug-likeness (QED) is 0.352. The highest BCUT2D eigenvalue weighted by Gasteiger charge is 2.38. The first-order valence-corrected chi connectivity index (χ1v) is 10.9. The van der Waals surface area contributed by atoms with Gasteiger partial charge in [0, 0.05) is 10.8 Å². The second-order valence-corrected chi connectivity index (χ2v) is 8.87. The van der Waals surface area contributed by atoms with Gasteiger partial charge >= 0.3 is 6.09 Å². The van der Waals surface area contributed by atoms with Gasteiger partial charge in [0.2, 0.25) is 0 Å². The second kappa shape index (κ2) is 9.88. The summed E-state index contributed by atoms with van der Waals surface area (Å²) in [7, 11) is 0. The van der Waals surface area contributed by atoms with E-state index in [1.54, 1.807) is 5.37 Å². The van der Waals surface area contributed by atoms with Gasteiger partial charge < -0.3 is 10.1 Å². The second-order valence-electron chi connectivity index (χ2n) is 8.60. The van der Waals surface area contributed by atoms with E-state index in [0.717, 1.165) is 16.7 Å². The number of nitrogens with one attached hydrogen (secondary N) is 1. The van der Waals surface area contributed by atoms with E-state index in [0.29, 0.717) is 6.42 Å². The predicted molar refractivity (Wildman–Crippen MR) is 131 cm³/mol. The molecule has 0 saturated heterocycles. The van der Waals surface area contributed by atoms with Gasteiger partial charge in [0.15, 0.2) is 0 Å². The fourth-order valence-electron chi connectivity index (χ4n) is 3.94. The zero-order valence-electron chi connectivity index (χ0n) is 18.2. The average Bonchev–Trinajstić information content (AvgIpc) is 2.77. The molecule has 0 aliphatic heterocycles. The zero-order valence-corrected chi connectivity index (χ0v) is 19.1. The van der Waals surface area contributed by atoms with Crippen molar-refractivity contribution in [3.05, 3.63) is 108 Å². The van der Waals surface area contributed by atoms with Gasteiger partial charge in [-0.3, -0.25) is 0 Å². The molecule has 0 saturated carbocycles. The topological polar surface area (TPSA) is 38.3 Å². The summed E-state index contributed by atoms with van der Waals surface area (Å²) in [5.74, 6) is 0. The van der Waals surface area contributed by atoms with Gasteiger partial charge in [-0.2, -0.15) is 0 Å². The summed E-state index contributed by atoms with van der Waals surface area (Å²) in [6.07, 6.45) is 0.0926. The number of thiocarbonyl (C=S) groups is 1. The van der Waals surface area contributed by atoms with Gasteiger partial charge in [0.25, 0.3) is 0 Å². The number of amides is 1. The van der Waals surface area contributed by atoms with Crippen LogP contribution in [0.3, 0.4) is 0 Å². The van der Waals surface area contributed by atoms with E-state index < -0.39 is 17.1 Å². The molecule has 0 aromatic heterocycles. The molecular formula is C27H29NO2S. The first-order chi connectivity index (χ1) is 14.8. The Morgan fingerprint density at radius 2 is 1.23 bits per heavy atom. The van der Waals surface area contributed by atoms with E-state index >= 15 is 0 Å². The normalized spacial score (nSPS) is 12.6. The number of alkyl carbamates (subject to hydrolysis) is 1. The Hall–Kier alpha value is -2.98. The van der Waals surface area contributed by atoms with E-state index in [9.17, 15) is 4.79 Å². The molecule has 0 bridgehead atoms. The summed E-state index contributed by atoms with van der Waals surface area (Å²) in [4.78, 5) is 12.5. The molecule has 0 aliphatic rings. The number of rotatable bonds is 7. The van der Waals surface area contributed by atoms with Crippen LogP contribution in [0.25, 0.3) is 0 Å². The standard InChI is InChI=1S/C27H29NO2S/c1-26(2,3)30-25(29)28-24(20-31)19-27(21-13-7-4-8-14-21,22-15-9-5-10-16-22)23-17-11-6-12-18-23/h4-18,20,24H,19H2,1-3H3,(H,28,29)/t24-/m1/s1. The summed E-state index contributed by atoms with van der Waals surface area (Å²) in [5, 5.41) is 4.59. The molecule has 0 radical (unpaired) electrons. The number of hydrogen-bond donors (Lipinski definition) is 1. The Balaban J connectivity index is 2.11. The van der Waals surface area contributed by atoms with Crippen LogP contribution < -0.4 is 5.32 Å². The third-order valence-corrected chi connectivity index (χ3v) is 5.52. The molecule has 0 fully saturated rings. The first-order valence-electron chi connectivity index (χ1n) is 10.5. The lowest BCUT2D eigenvalue weighted by Crippen LogP contribution is -2.44. The summed E-state index contributed by atoms with van der Waals surface area (Å²) < 4.78 is 5.49. The van der Waals surface area contributed by atoms with Crippen LogP contribution >= 0.6 is 12.2 Å². The molecule has 3 rings (SSSR count). The Morgan fingerprint density at radius 3 is 1.55 bits per heavy atom. The van der Waals surface area contributed by atoms with Crippen molar-refractivity contribution in [2.24, 2.45) is 0 Å². The molecule has 0 spiro atoms. The van der Waals surface area contributed by atoms with E-state index in [4.69, 9.17) is 17.0 Å². The number of carbonyl (C=O) groups is 1. The molecule has 1 N–H and O–H groups in total. The summed E-state index contributed by atoms with van der Waals surface area (Å²) in [5.41, 5.74) is 2.34. The molecule has 31 heavy (non-hydrogen) atoms. The Kier molecular flexibility index (Phi) is 7.24. The molecule has 4 heteroatoms. The molecule has 1 amide bonds. The first kappa shape index (κ1) is 22.7. The zero-order chi connectivity index (χ0) is 22.3. The molecule has 3 aromatic rings. The van der Waals surface area contributed by atoms with Crippen LogP contribution in [0.2, 0.25) is 0 Å². The van der Waals surface area contributed by atoms with E-state index in [1.807, 2.05) is 75.4 Å². The van der Waals surface area contributed by atoms with E-state index in [-0.39, 0.29) is 6.04 Å². The van der Waals surface area contributed by atoms with Gasteiger partial charge in [-0.1, -0.05) is 103 Å². The third kappa shape index (κ3) is 5.59. The summed E-state index contributed by atoms with van der Waals surface area (Å²) >= 11 is 5.36. The van der Waals surface area contributed by atoms with Crippen LogP contribution in [-0.4, -0.2) is 23.1 Å². The highest BCUT2D eigenvalue weighted by molar-refractivity contribution is 7.79. The molecule has 0 unspecified atom stereocenters. The molecule has 3 aromatic carbocycles. The minimum absolute atomic E-state index is 0.370. The van der Waals surface area contributed by atoms with Crippen molar-refractivity contribution in [1.82, 2.24) is 5.32 Å². The predicted octanol–water partition coefficient (Wildman–Crippen LogP) is 6.30. The Morgan fingerprint density at radius 1 is 0.839 bits per heavy atom. The van der Waals surface area contributed by atoms with Crippen LogP contribution in [0.15, 0.2) is 91.0 Å². The highest BCUT2D eigenvalue weighted by atomic mass is 32.1. The van der Waals surface area contributed by atoms with Gasteiger partial charge in [-0.15, -0.1) is 0 Å². The maximum Gasteiger partial charge on any atom is 0.408 e. The number of ether oxygens (including phenoxy) is 1. The van der Waals surface area contributed by atoms with Crippen molar-refractivity contribution in [2.75, 3.05) is 0 Å². The van der Waals surface area contributed by atoms with Crippen LogP contribution in [0, 0.1) is 0 Å². The molecule has 0 aliphatic carbocycles. The maximum atomic E-state index is 12.5. The number of carbonyl (C=O) groups excluding carboxylic acids is 1. The monoisotopic (exact) mass is 431 g/mol. The van der Waals surface area contributed by atoms with Gasteiger partial charge in [0.05, 0.1) is 6.04 Å². The minimum Gasteiger partial charge on any atom is -0.444 e. The van der Waals surface area contributed by atoms with Crippen LogP contribution in [-0.2, 0) is 10.2 Å². The highest BCUT2D eigenvalue weighted by Crippen LogP contribution is 2.42. The molecule has 3 nitrogen and oxygen atoms in total. The van der Waals surface area contributed by atoms with Crippen molar-refractivity contribution in [2.45, 2.75) is 44.2 Å². The van der Waals surface area contributed by atoms with Crippen molar-refractivity contribution < 1.29 is 9.53 Å². The van der Waals surface area contributed by atoms with E-state index in [1.165, 1.54) is 0 Å². The van der Waals surface area contributed by atoms with Crippen molar-refractivity contribution in [1.29, 1.82) is 0 Å². The molecule has 160 valence electrons. The van der Waals surface area contributed by atoms with Crippen molar-refractivity contribution in [3.63, 3.8) is 0 Å². The fourth-order valence-corrected chi connectivity index (χ4v) is 4.11. The lowest BCUT2D eigenvalue weighted by Gasteiger charge is -2.38. The van der Waals surface area contributed by atoms with E-state index in [2.05, 4.69) is 41.7 Å². The minimum atomic E-state index is -0.578. The van der Waals surface area contributed by atoms with Gasteiger partial charge in [-0.05, 0) is 43.9 Å². The molecular weight excluding hydrogens is 402 g/mol. The maximum absolute atomic E-state index is 12.5. The lowest BCUT2D eigenvalue weighted by atomic mass is 9.66. The van der Waals surface area contributed by atoms with Crippen LogP contribution in [0.5, 0.6) is 0 Å². The smallest absolute Gasteiger partial charge is 0.408 e.